The average Bonchev–Trinajstić information content (AvgIpc) is 2.05. The first-order valence-corrected chi connectivity index (χ1v) is 4.50. The maximum Gasteiger partial charge on any atom is 0.121 e. The predicted molar refractivity (Wildman–Crippen MR) is 50.7 cm³/mol. The molecule has 12 heavy (non-hydrogen) atoms. The molecule has 0 spiro atoms. The van der Waals surface area contributed by atoms with Gasteiger partial charge in [0.2, 0.25) is 0 Å². The summed E-state index contributed by atoms with van der Waals surface area (Å²) in [5.74, 6) is 0.802. The molecule has 1 aromatic rings. The van der Waals surface area contributed by atoms with E-state index in [1.807, 2.05) is 0 Å². The number of rotatable bonds is 4. The molecule has 0 aliphatic carbocycles. The number of ether oxygens (including phenoxy) is 1. The minimum Gasteiger partial charge on any atom is -0.494 e. The van der Waals surface area contributed by atoms with Gasteiger partial charge in [-0.25, -0.2) is 0 Å². The lowest BCUT2D eigenvalue weighted by Crippen LogP contribution is -1.95. The molecule has 2 heteroatoms. The third kappa shape index (κ3) is 3.14. The monoisotopic (exact) mass is 183 g/mol. The van der Waals surface area contributed by atoms with E-state index in [4.69, 9.17) is 16.3 Å². The van der Waals surface area contributed by atoms with Gasteiger partial charge in [0.25, 0.3) is 0 Å². The van der Waals surface area contributed by atoms with Crippen LogP contribution in [-0.4, -0.2) is 6.61 Å². The van der Waals surface area contributed by atoms with Gasteiger partial charge in [0, 0.05) is 5.02 Å². The zero-order valence-electron chi connectivity index (χ0n) is 7.14. The molecule has 0 N–H and O–H groups in total. The molecule has 1 rings (SSSR count). The van der Waals surface area contributed by atoms with Gasteiger partial charge >= 0.3 is 0 Å². The van der Waals surface area contributed by atoms with Crippen LogP contribution >= 0.6 is 11.6 Å². The van der Waals surface area contributed by atoms with Gasteiger partial charge in [-0.1, -0.05) is 24.9 Å². The molecule has 1 aromatic carbocycles. The van der Waals surface area contributed by atoms with Gasteiger partial charge in [-0.05, 0) is 30.7 Å². The minimum absolute atomic E-state index is 0.670. The molecule has 0 aliphatic heterocycles. The van der Waals surface area contributed by atoms with Crippen molar-refractivity contribution in [3.8, 4) is 5.75 Å². The molecule has 0 amide bonds. The fraction of sp³-hybridized carbons (Fsp3) is 0.400. The lowest BCUT2D eigenvalue weighted by molar-refractivity contribution is 0.309. The van der Waals surface area contributed by atoms with Crippen LogP contribution in [0.1, 0.15) is 19.8 Å². The molecule has 0 aromatic heterocycles. The highest BCUT2D eigenvalue weighted by Gasteiger charge is 1.93. The summed E-state index contributed by atoms with van der Waals surface area (Å²) in [6.45, 7) is 2.89. The molecule has 0 aliphatic rings. The lowest BCUT2D eigenvalue weighted by atomic mass is 10.3. The molecule has 0 unspecified atom stereocenters. The van der Waals surface area contributed by atoms with E-state index >= 15 is 0 Å². The maximum atomic E-state index is 5.75. The maximum absolute atomic E-state index is 5.75. The van der Waals surface area contributed by atoms with Gasteiger partial charge in [0.15, 0.2) is 0 Å². The minimum atomic E-state index is 0.670. The van der Waals surface area contributed by atoms with Gasteiger partial charge in [0.1, 0.15) is 5.75 Å². The third-order valence-electron chi connectivity index (χ3n) is 1.49. The van der Waals surface area contributed by atoms with Crippen molar-refractivity contribution in [2.75, 3.05) is 6.61 Å². The number of hydrogen-bond donors (Lipinski definition) is 0. The van der Waals surface area contributed by atoms with Crippen molar-refractivity contribution in [2.24, 2.45) is 0 Å². The van der Waals surface area contributed by atoms with Crippen LogP contribution in [0.15, 0.2) is 18.2 Å². The Morgan fingerprint density at radius 2 is 2.33 bits per heavy atom. The Morgan fingerprint density at radius 1 is 1.50 bits per heavy atom. The topological polar surface area (TPSA) is 9.23 Å². The summed E-state index contributed by atoms with van der Waals surface area (Å²) in [5.41, 5.74) is 0. The van der Waals surface area contributed by atoms with E-state index in [9.17, 15) is 0 Å². The largest absolute Gasteiger partial charge is 0.494 e. The number of unbranched alkanes of at least 4 members (excludes halogenated alkanes) is 1. The fourth-order valence-corrected chi connectivity index (χ4v) is 1.01. The molecule has 0 saturated carbocycles. The fourth-order valence-electron chi connectivity index (χ4n) is 0.840. The summed E-state index contributed by atoms with van der Waals surface area (Å²) in [4.78, 5) is 0. The molecule has 0 fully saturated rings. The van der Waals surface area contributed by atoms with Crippen LogP contribution in [-0.2, 0) is 0 Å². The van der Waals surface area contributed by atoms with Crippen LogP contribution in [0.3, 0.4) is 0 Å². The molecule has 1 radical (unpaired) electrons. The number of halogens is 1. The van der Waals surface area contributed by atoms with Crippen LogP contribution in [0.25, 0.3) is 0 Å². The highest BCUT2D eigenvalue weighted by Crippen LogP contribution is 2.16. The van der Waals surface area contributed by atoms with Crippen molar-refractivity contribution in [1.29, 1.82) is 0 Å². The second-order valence-electron chi connectivity index (χ2n) is 2.59. The van der Waals surface area contributed by atoms with Gasteiger partial charge in [-0.2, -0.15) is 0 Å². The summed E-state index contributed by atoms with van der Waals surface area (Å²) in [7, 11) is 0. The van der Waals surface area contributed by atoms with Crippen LogP contribution in [0.4, 0.5) is 0 Å². The van der Waals surface area contributed by atoms with Crippen LogP contribution in [0.5, 0.6) is 5.75 Å². The lowest BCUT2D eigenvalue weighted by Gasteiger charge is -2.04. The quantitative estimate of drug-likeness (QED) is 0.651. The van der Waals surface area contributed by atoms with Gasteiger partial charge in [-0.3, -0.25) is 0 Å². The van der Waals surface area contributed by atoms with Crippen molar-refractivity contribution in [3.05, 3.63) is 29.3 Å². The molecule has 0 saturated heterocycles. The highest BCUT2D eigenvalue weighted by atomic mass is 35.5. The summed E-state index contributed by atoms with van der Waals surface area (Å²) >= 11 is 5.75. The zero-order valence-corrected chi connectivity index (χ0v) is 7.90. The first-order chi connectivity index (χ1) is 5.83. The first kappa shape index (κ1) is 9.40. The normalized spacial score (nSPS) is 9.83. The Kier molecular flexibility index (Phi) is 3.95. The van der Waals surface area contributed by atoms with Crippen molar-refractivity contribution in [1.82, 2.24) is 0 Å². The van der Waals surface area contributed by atoms with Crippen molar-refractivity contribution < 1.29 is 4.74 Å². The van der Waals surface area contributed by atoms with Crippen LogP contribution < -0.4 is 4.74 Å². The molecule has 0 heterocycles. The Labute approximate surface area is 78.3 Å². The van der Waals surface area contributed by atoms with Crippen molar-refractivity contribution in [3.63, 3.8) is 0 Å². The zero-order chi connectivity index (χ0) is 8.81. The van der Waals surface area contributed by atoms with Crippen molar-refractivity contribution >= 4 is 11.6 Å². The Balaban J connectivity index is 2.41. The van der Waals surface area contributed by atoms with Gasteiger partial charge in [-0.15, -0.1) is 0 Å². The number of benzene rings is 1. The van der Waals surface area contributed by atoms with E-state index in [1.54, 1.807) is 18.2 Å². The summed E-state index contributed by atoms with van der Waals surface area (Å²) in [6, 6.07) is 8.21. The molecule has 1 nitrogen and oxygen atoms in total. The van der Waals surface area contributed by atoms with E-state index < -0.39 is 0 Å². The molecule has 0 atom stereocenters. The van der Waals surface area contributed by atoms with E-state index in [0.717, 1.165) is 25.2 Å². The van der Waals surface area contributed by atoms with Crippen molar-refractivity contribution in [2.45, 2.75) is 19.8 Å². The molecule has 65 valence electrons. The third-order valence-corrected chi connectivity index (χ3v) is 1.71. The second kappa shape index (κ2) is 5.04. The molecular formula is C10H12ClO. The summed E-state index contributed by atoms with van der Waals surface area (Å²) in [5, 5.41) is 0.670. The molecular weight excluding hydrogens is 172 g/mol. The van der Waals surface area contributed by atoms with E-state index in [2.05, 4.69) is 13.0 Å². The van der Waals surface area contributed by atoms with E-state index in [0.29, 0.717) is 5.02 Å². The summed E-state index contributed by atoms with van der Waals surface area (Å²) < 4.78 is 5.41. The average molecular weight is 184 g/mol. The SMILES string of the molecule is CCCCOc1c[c]cc(Cl)c1. The number of hydrogen-bond acceptors (Lipinski definition) is 1. The first-order valence-electron chi connectivity index (χ1n) is 4.12. The van der Waals surface area contributed by atoms with Crippen LogP contribution in [0.2, 0.25) is 5.02 Å². The second-order valence-corrected chi connectivity index (χ2v) is 3.03. The molecule has 0 bridgehead atoms. The van der Waals surface area contributed by atoms with Crippen LogP contribution in [0, 0.1) is 6.07 Å². The highest BCUT2D eigenvalue weighted by molar-refractivity contribution is 6.30. The van der Waals surface area contributed by atoms with Gasteiger partial charge in [0.05, 0.1) is 6.61 Å². The van der Waals surface area contributed by atoms with E-state index in [-0.39, 0.29) is 0 Å². The Morgan fingerprint density at radius 3 is 3.00 bits per heavy atom. The predicted octanol–water partition coefficient (Wildman–Crippen LogP) is 3.32. The van der Waals surface area contributed by atoms with Gasteiger partial charge < -0.3 is 4.74 Å². The smallest absolute Gasteiger partial charge is 0.121 e. The van der Waals surface area contributed by atoms with E-state index in [1.165, 1.54) is 0 Å². The standard InChI is InChI=1S/C10H12ClO/c1-2-3-7-12-10-6-4-5-9(11)8-10/h5-6,8H,2-3,7H2,1H3. The Hall–Kier alpha value is -0.690. The summed E-state index contributed by atoms with van der Waals surface area (Å²) in [6.07, 6.45) is 2.22. The Bertz CT molecular complexity index is 235.